The molecule has 1 aliphatic heterocycles. The lowest BCUT2D eigenvalue weighted by Crippen LogP contribution is -2.65. The summed E-state index contributed by atoms with van der Waals surface area (Å²) < 4.78 is 13.2. The topological polar surface area (TPSA) is 61.6 Å². The monoisotopic (exact) mass is 369 g/mol. The van der Waals surface area contributed by atoms with Gasteiger partial charge in [-0.2, -0.15) is 0 Å². The molecular weight excluding hydrogens is 337 g/mol. The van der Waals surface area contributed by atoms with Crippen LogP contribution in [-0.2, 0) is 20.5 Å². The predicted octanol–water partition coefficient (Wildman–Crippen LogP) is 3.84. The fourth-order valence-corrected chi connectivity index (χ4v) is 6.11. The van der Waals surface area contributed by atoms with E-state index in [1.165, 1.54) is 12.0 Å². The summed E-state index contributed by atoms with van der Waals surface area (Å²) in [5.74, 6) is 0.674. The maximum atomic E-state index is 12.2. The largest absolute Gasteiger partial charge is 0.462 e. The van der Waals surface area contributed by atoms with E-state index in [2.05, 4.69) is 32.9 Å². The van der Waals surface area contributed by atoms with Crippen molar-refractivity contribution in [3.63, 3.8) is 0 Å². The maximum absolute atomic E-state index is 12.2. The molecule has 27 heavy (non-hydrogen) atoms. The first-order valence-corrected chi connectivity index (χ1v) is 10.4. The molecule has 1 unspecified atom stereocenters. The molecule has 1 heterocycles. The Morgan fingerprint density at radius 3 is 2.56 bits per heavy atom. The maximum Gasteiger partial charge on any atom is 0.462 e. The average molecular weight is 369 g/mol. The van der Waals surface area contributed by atoms with Gasteiger partial charge in [0.05, 0.1) is 11.7 Å². The van der Waals surface area contributed by atoms with E-state index in [4.69, 9.17) is 15.0 Å². The molecule has 3 aliphatic carbocycles. The number of carbonyl (C=O) groups is 1. The Hall–Kier alpha value is -1.33. The molecule has 1 saturated heterocycles. The summed E-state index contributed by atoms with van der Waals surface area (Å²) in [6.45, 7) is 8.98. The minimum Gasteiger partial charge on any atom is -0.405 e. The first kappa shape index (κ1) is 19.0. The number of carbonyl (C=O) groups excluding carboxylic acids is 1. The van der Waals surface area contributed by atoms with Gasteiger partial charge in [0, 0.05) is 11.7 Å². The van der Waals surface area contributed by atoms with Gasteiger partial charge in [0.2, 0.25) is 5.91 Å². The van der Waals surface area contributed by atoms with Crippen LogP contribution in [0, 0.1) is 23.2 Å². The molecule has 2 N–H and O–H groups in total. The number of rotatable bonds is 6. The smallest absolute Gasteiger partial charge is 0.405 e. The Morgan fingerprint density at radius 2 is 1.96 bits per heavy atom. The second-order valence-electron chi connectivity index (χ2n) is 9.61. The van der Waals surface area contributed by atoms with Crippen molar-refractivity contribution in [2.75, 3.05) is 0 Å². The van der Waals surface area contributed by atoms with E-state index >= 15 is 0 Å². The average Bonchev–Trinajstić information content (AvgIpc) is 2.98. The Morgan fingerprint density at radius 1 is 1.26 bits per heavy atom. The van der Waals surface area contributed by atoms with Crippen LogP contribution in [0.4, 0.5) is 0 Å². The molecule has 6 atom stereocenters. The molecule has 5 heteroatoms. The van der Waals surface area contributed by atoms with Crippen LogP contribution in [0.1, 0.15) is 52.5 Å². The Labute approximate surface area is 163 Å². The molecule has 1 aromatic carbocycles. The van der Waals surface area contributed by atoms with Crippen molar-refractivity contribution in [2.45, 2.75) is 70.9 Å². The van der Waals surface area contributed by atoms with Crippen LogP contribution in [0.15, 0.2) is 30.3 Å². The molecule has 0 aromatic heterocycles. The van der Waals surface area contributed by atoms with Gasteiger partial charge < -0.3 is 15.0 Å². The number of amides is 1. The van der Waals surface area contributed by atoms with Gasteiger partial charge in [-0.15, -0.1) is 0 Å². The predicted molar refractivity (Wildman–Crippen MR) is 107 cm³/mol. The standard InChI is InChI=1S/C22H32BNO3/c1-5-16(20(24)25)17(11-14-9-7-6-8-10-14)23-26-19-13-15-12-18(21(15,2)3)22(19,4)27-23/h6-10,15-19H,5,11-13H2,1-4H3,(H2,24,25)/t15-,16?,17+,18-,19+,22-/m0/s1. The van der Waals surface area contributed by atoms with Gasteiger partial charge in [-0.25, -0.2) is 0 Å². The summed E-state index contributed by atoms with van der Waals surface area (Å²) in [5, 5.41) is 0. The van der Waals surface area contributed by atoms with E-state index in [0.29, 0.717) is 23.7 Å². The van der Waals surface area contributed by atoms with Crippen LogP contribution in [-0.4, -0.2) is 24.7 Å². The van der Waals surface area contributed by atoms with Gasteiger partial charge in [-0.05, 0) is 55.4 Å². The molecule has 5 rings (SSSR count). The van der Waals surface area contributed by atoms with Gasteiger partial charge in [-0.3, -0.25) is 4.79 Å². The fraction of sp³-hybridized carbons (Fsp3) is 0.682. The third-order valence-electron chi connectivity index (χ3n) is 7.95. The second kappa shape index (κ2) is 6.63. The summed E-state index contributed by atoms with van der Waals surface area (Å²) in [5.41, 5.74) is 7.03. The summed E-state index contributed by atoms with van der Waals surface area (Å²) in [4.78, 5) is 12.2. The fourth-order valence-electron chi connectivity index (χ4n) is 6.11. The normalized spacial score (nSPS) is 35.9. The molecule has 1 aromatic rings. The minimum absolute atomic E-state index is 0.0577. The number of benzene rings is 1. The number of hydrogen-bond donors (Lipinski definition) is 1. The second-order valence-corrected chi connectivity index (χ2v) is 9.61. The Kier molecular flexibility index (Phi) is 4.67. The lowest BCUT2D eigenvalue weighted by atomic mass is 9.43. The number of hydrogen-bond acceptors (Lipinski definition) is 3. The van der Waals surface area contributed by atoms with Crippen LogP contribution in [0.25, 0.3) is 0 Å². The van der Waals surface area contributed by atoms with Gasteiger partial charge in [-0.1, -0.05) is 51.1 Å². The lowest BCUT2D eigenvalue weighted by molar-refractivity contribution is -0.199. The van der Waals surface area contributed by atoms with Crippen molar-refractivity contribution in [1.82, 2.24) is 0 Å². The molecule has 0 radical (unpaired) electrons. The lowest BCUT2D eigenvalue weighted by Gasteiger charge is -2.64. The molecule has 4 aliphatic rings. The van der Waals surface area contributed by atoms with E-state index < -0.39 is 0 Å². The van der Waals surface area contributed by atoms with Crippen molar-refractivity contribution in [1.29, 1.82) is 0 Å². The molecule has 3 saturated carbocycles. The Balaban J connectivity index is 1.60. The van der Waals surface area contributed by atoms with Crippen LogP contribution in [0.3, 0.4) is 0 Å². The van der Waals surface area contributed by atoms with Crippen molar-refractivity contribution >= 4 is 13.0 Å². The molecule has 0 spiro atoms. The zero-order chi connectivity index (χ0) is 19.4. The SMILES string of the molecule is CCC(C(N)=O)[C@@H](Cc1ccccc1)B1O[C@@H]2C[C@@H]3C[C@@H](C3(C)C)[C@]2(C)O1. The summed E-state index contributed by atoms with van der Waals surface area (Å²) in [6, 6.07) is 10.3. The summed E-state index contributed by atoms with van der Waals surface area (Å²) in [6.07, 6.45) is 3.86. The third-order valence-corrected chi connectivity index (χ3v) is 7.95. The highest BCUT2D eigenvalue weighted by Crippen LogP contribution is 2.66. The van der Waals surface area contributed by atoms with Gasteiger partial charge >= 0.3 is 7.12 Å². The highest BCUT2D eigenvalue weighted by atomic mass is 16.7. The zero-order valence-electron chi connectivity index (χ0n) is 17.0. The molecule has 4 nitrogen and oxygen atoms in total. The highest BCUT2D eigenvalue weighted by Gasteiger charge is 2.68. The van der Waals surface area contributed by atoms with E-state index in [0.717, 1.165) is 12.8 Å². The Bertz CT molecular complexity index is 709. The van der Waals surface area contributed by atoms with Crippen LogP contribution in [0.5, 0.6) is 0 Å². The number of nitrogens with two attached hydrogens (primary N) is 1. The van der Waals surface area contributed by atoms with E-state index in [-0.39, 0.29) is 36.5 Å². The molecule has 4 fully saturated rings. The molecular formula is C22H32BNO3. The van der Waals surface area contributed by atoms with Gasteiger partial charge in [0.1, 0.15) is 0 Å². The van der Waals surface area contributed by atoms with Crippen molar-refractivity contribution in [2.24, 2.45) is 28.9 Å². The molecule has 1 amide bonds. The van der Waals surface area contributed by atoms with Crippen LogP contribution in [0.2, 0.25) is 5.82 Å². The minimum atomic E-state index is -0.368. The van der Waals surface area contributed by atoms with E-state index in [1.54, 1.807) is 0 Å². The zero-order valence-corrected chi connectivity index (χ0v) is 17.0. The first-order valence-electron chi connectivity index (χ1n) is 10.4. The molecule has 2 bridgehead atoms. The van der Waals surface area contributed by atoms with Crippen LogP contribution < -0.4 is 5.73 Å². The van der Waals surface area contributed by atoms with Crippen molar-refractivity contribution in [3.05, 3.63) is 35.9 Å². The summed E-state index contributed by atoms with van der Waals surface area (Å²) in [7, 11) is -0.368. The highest BCUT2D eigenvalue weighted by molar-refractivity contribution is 6.48. The number of primary amides is 1. The molecule has 146 valence electrons. The van der Waals surface area contributed by atoms with Crippen LogP contribution >= 0.6 is 0 Å². The first-order chi connectivity index (χ1) is 12.8. The van der Waals surface area contributed by atoms with Crippen molar-refractivity contribution in [3.8, 4) is 0 Å². The quantitative estimate of drug-likeness (QED) is 0.775. The van der Waals surface area contributed by atoms with Gasteiger partial charge in [0.15, 0.2) is 0 Å². The third kappa shape index (κ3) is 2.94. The van der Waals surface area contributed by atoms with E-state index in [1.807, 2.05) is 25.1 Å². The summed E-state index contributed by atoms with van der Waals surface area (Å²) >= 11 is 0. The van der Waals surface area contributed by atoms with E-state index in [9.17, 15) is 4.79 Å². The van der Waals surface area contributed by atoms with Crippen molar-refractivity contribution < 1.29 is 14.1 Å². The van der Waals surface area contributed by atoms with Gasteiger partial charge in [0.25, 0.3) is 0 Å².